The molecule has 0 saturated heterocycles. The van der Waals surface area contributed by atoms with Gasteiger partial charge in [0, 0.05) is 12.1 Å². The maximum absolute atomic E-state index is 8.84. The van der Waals surface area contributed by atoms with Crippen molar-refractivity contribution in [2.24, 2.45) is 0 Å². The van der Waals surface area contributed by atoms with Gasteiger partial charge in [-0.1, -0.05) is 30.3 Å². The van der Waals surface area contributed by atoms with Crippen LogP contribution in [0.1, 0.15) is 53.7 Å². The molecule has 1 N–H and O–H groups in total. The first-order chi connectivity index (χ1) is 10.0. The van der Waals surface area contributed by atoms with E-state index >= 15 is 0 Å². The molecule has 108 valence electrons. The second-order valence-electron chi connectivity index (χ2n) is 5.69. The highest BCUT2D eigenvalue weighted by atomic mass is 14.9. The van der Waals surface area contributed by atoms with E-state index in [9.17, 15) is 0 Å². The van der Waals surface area contributed by atoms with Crippen molar-refractivity contribution in [1.29, 1.82) is 5.26 Å². The molecule has 0 aliphatic carbocycles. The Labute approximate surface area is 127 Å². The first-order valence-electron chi connectivity index (χ1n) is 7.34. The summed E-state index contributed by atoms with van der Waals surface area (Å²) in [5.41, 5.74) is 5.86. The fraction of sp³-hybridized carbons (Fsp3) is 0.316. The molecule has 2 heteroatoms. The maximum atomic E-state index is 8.84. The highest BCUT2D eigenvalue weighted by molar-refractivity contribution is 5.34. The van der Waals surface area contributed by atoms with Gasteiger partial charge in [0.15, 0.2) is 0 Å². The van der Waals surface area contributed by atoms with Gasteiger partial charge in [0.25, 0.3) is 0 Å². The Balaban J connectivity index is 2.08. The summed E-state index contributed by atoms with van der Waals surface area (Å²) in [6.45, 7) is 8.62. The molecule has 2 unspecified atom stereocenters. The molecular weight excluding hydrogens is 256 g/mol. The summed E-state index contributed by atoms with van der Waals surface area (Å²) in [6.07, 6.45) is 0. The molecule has 2 nitrogen and oxygen atoms in total. The van der Waals surface area contributed by atoms with Gasteiger partial charge in [-0.3, -0.25) is 0 Å². The Hall–Kier alpha value is -2.11. The van der Waals surface area contributed by atoms with E-state index in [0.29, 0.717) is 5.56 Å². The molecule has 0 aliphatic heterocycles. The molecular formula is C19H22N2. The second-order valence-corrected chi connectivity index (χ2v) is 5.69. The summed E-state index contributed by atoms with van der Waals surface area (Å²) >= 11 is 0. The van der Waals surface area contributed by atoms with E-state index in [-0.39, 0.29) is 12.1 Å². The predicted octanol–water partition coefficient (Wildman–Crippen LogP) is 4.59. The third-order valence-corrected chi connectivity index (χ3v) is 4.07. The lowest BCUT2D eigenvalue weighted by atomic mass is 10.00. The van der Waals surface area contributed by atoms with Gasteiger partial charge in [-0.2, -0.15) is 5.26 Å². The largest absolute Gasteiger partial charge is 0.304 e. The van der Waals surface area contributed by atoms with Crippen LogP contribution in [-0.4, -0.2) is 0 Å². The first kappa shape index (κ1) is 15.3. The van der Waals surface area contributed by atoms with E-state index < -0.39 is 0 Å². The average molecular weight is 278 g/mol. The molecule has 2 rings (SSSR count). The Morgan fingerprint density at radius 2 is 1.43 bits per heavy atom. The van der Waals surface area contributed by atoms with E-state index in [1.54, 1.807) is 0 Å². The molecule has 2 atom stereocenters. The van der Waals surface area contributed by atoms with Gasteiger partial charge in [-0.15, -0.1) is 0 Å². The first-order valence-corrected chi connectivity index (χ1v) is 7.34. The summed E-state index contributed by atoms with van der Waals surface area (Å²) < 4.78 is 0. The molecule has 0 aromatic heterocycles. The maximum Gasteiger partial charge on any atom is 0.0991 e. The molecule has 0 saturated carbocycles. The summed E-state index contributed by atoms with van der Waals surface area (Å²) in [6, 6.07) is 17.1. The Bertz CT molecular complexity index is 650. The van der Waals surface area contributed by atoms with E-state index in [4.69, 9.17) is 5.26 Å². The summed E-state index contributed by atoms with van der Waals surface area (Å²) in [7, 11) is 0. The molecule has 2 aromatic rings. The molecule has 0 spiro atoms. The van der Waals surface area contributed by atoms with Gasteiger partial charge in [0.05, 0.1) is 11.6 Å². The number of hydrogen-bond acceptors (Lipinski definition) is 2. The van der Waals surface area contributed by atoms with Gasteiger partial charge < -0.3 is 5.32 Å². The van der Waals surface area contributed by atoms with Crippen molar-refractivity contribution in [2.45, 2.75) is 39.8 Å². The highest BCUT2D eigenvalue weighted by Crippen LogP contribution is 2.21. The minimum absolute atomic E-state index is 0.245. The van der Waals surface area contributed by atoms with E-state index in [0.717, 1.165) is 0 Å². The van der Waals surface area contributed by atoms with E-state index in [1.807, 2.05) is 24.3 Å². The van der Waals surface area contributed by atoms with Crippen LogP contribution in [0.4, 0.5) is 0 Å². The van der Waals surface area contributed by atoms with Crippen LogP contribution in [0.2, 0.25) is 0 Å². The van der Waals surface area contributed by atoms with Crippen molar-refractivity contribution in [3.8, 4) is 6.07 Å². The van der Waals surface area contributed by atoms with Crippen molar-refractivity contribution in [1.82, 2.24) is 5.32 Å². The van der Waals surface area contributed by atoms with Gasteiger partial charge in [0.2, 0.25) is 0 Å². The third kappa shape index (κ3) is 3.71. The SMILES string of the molecule is Cc1ccc(C(C)NC(C)c2ccc(C#N)cc2)cc1C. The van der Waals surface area contributed by atoms with Crippen LogP contribution in [0.5, 0.6) is 0 Å². The lowest BCUT2D eigenvalue weighted by Crippen LogP contribution is -2.22. The molecule has 2 aromatic carbocycles. The Morgan fingerprint density at radius 3 is 2.00 bits per heavy atom. The lowest BCUT2D eigenvalue weighted by molar-refractivity contribution is 0.494. The van der Waals surface area contributed by atoms with Crippen molar-refractivity contribution in [3.63, 3.8) is 0 Å². The zero-order valence-electron chi connectivity index (χ0n) is 13.1. The zero-order valence-corrected chi connectivity index (χ0v) is 13.1. The van der Waals surface area contributed by atoms with Gasteiger partial charge in [-0.05, 0) is 62.1 Å². The fourth-order valence-corrected chi connectivity index (χ4v) is 2.45. The Morgan fingerprint density at radius 1 is 0.857 bits per heavy atom. The summed E-state index contributed by atoms with van der Waals surface area (Å²) in [5, 5.41) is 12.5. The number of benzene rings is 2. The zero-order chi connectivity index (χ0) is 15.4. The van der Waals surface area contributed by atoms with Crippen LogP contribution in [0.15, 0.2) is 42.5 Å². The molecule has 0 bridgehead atoms. The average Bonchev–Trinajstić information content (AvgIpc) is 2.50. The van der Waals surface area contributed by atoms with Gasteiger partial charge >= 0.3 is 0 Å². The summed E-state index contributed by atoms with van der Waals surface area (Å²) in [5.74, 6) is 0. The van der Waals surface area contributed by atoms with Crippen LogP contribution in [0.25, 0.3) is 0 Å². The van der Waals surface area contributed by atoms with E-state index in [2.05, 4.69) is 57.3 Å². The number of aryl methyl sites for hydroxylation is 2. The summed E-state index contributed by atoms with van der Waals surface area (Å²) in [4.78, 5) is 0. The molecule has 0 radical (unpaired) electrons. The number of hydrogen-bond donors (Lipinski definition) is 1. The van der Waals surface area contributed by atoms with E-state index in [1.165, 1.54) is 22.3 Å². The molecule has 21 heavy (non-hydrogen) atoms. The standard InChI is InChI=1S/C19H22N2/c1-13-5-8-19(11-14(13)2)16(4)21-15(3)18-9-6-17(12-20)7-10-18/h5-11,15-16,21H,1-4H3. The van der Waals surface area contributed by atoms with Crippen molar-refractivity contribution in [3.05, 3.63) is 70.3 Å². The smallest absolute Gasteiger partial charge is 0.0991 e. The topological polar surface area (TPSA) is 35.8 Å². The van der Waals surface area contributed by atoms with Gasteiger partial charge in [-0.25, -0.2) is 0 Å². The van der Waals surface area contributed by atoms with Gasteiger partial charge in [0.1, 0.15) is 0 Å². The minimum Gasteiger partial charge on any atom is -0.304 e. The number of nitriles is 1. The number of rotatable bonds is 4. The second kappa shape index (κ2) is 6.56. The lowest BCUT2D eigenvalue weighted by Gasteiger charge is -2.21. The number of nitrogens with one attached hydrogen (secondary N) is 1. The Kier molecular flexibility index (Phi) is 4.77. The third-order valence-electron chi connectivity index (χ3n) is 4.07. The van der Waals surface area contributed by atoms with Crippen LogP contribution in [0, 0.1) is 25.2 Å². The molecule has 0 aliphatic rings. The molecule has 0 amide bonds. The monoisotopic (exact) mass is 278 g/mol. The van der Waals surface area contributed by atoms with Crippen LogP contribution < -0.4 is 5.32 Å². The highest BCUT2D eigenvalue weighted by Gasteiger charge is 2.11. The van der Waals surface area contributed by atoms with Crippen LogP contribution in [-0.2, 0) is 0 Å². The molecule has 0 heterocycles. The molecule has 0 fully saturated rings. The fourth-order valence-electron chi connectivity index (χ4n) is 2.45. The van der Waals surface area contributed by atoms with Crippen molar-refractivity contribution in [2.75, 3.05) is 0 Å². The predicted molar refractivity (Wildman–Crippen MR) is 87.0 cm³/mol. The quantitative estimate of drug-likeness (QED) is 0.888. The minimum atomic E-state index is 0.245. The van der Waals surface area contributed by atoms with Crippen molar-refractivity contribution >= 4 is 0 Å². The number of nitrogens with zero attached hydrogens (tertiary/aromatic N) is 1. The van der Waals surface area contributed by atoms with Crippen LogP contribution >= 0.6 is 0 Å². The van der Waals surface area contributed by atoms with Crippen LogP contribution in [0.3, 0.4) is 0 Å². The normalized spacial score (nSPS) is 13.5. The van der Waals surface area contributed by atoms with Crippen molar-refractivity contribution < 1.29 is 0 Å².